The van der Waals surface area contributed by atoms with Gasteiger partial charge in [0.2, 0.25) is 0 Å². The van der Waals surface area contributed by atoms with E-state index >= 15 is 0 Å². The summed E-state index contributed by atoms with van der Waals surface area (Å²) in [4.78, 5) is 0. The Morgan fingerprint density at radius 3 is 2.92 bits per heavy atom. The predicted octanol–water partition coefficient (Wildman–Crippen LogP) is 2.03. The fraction of sp³-hybridized carbons (Fsp3) is 0.667. The summed E-state index contributed by atoms with van der Waals surface area (Å²) in [6, 6.07) is 2.07. The molecule has 0 radical (unpaired) electrons. The van der Waals surface area contributed by atoms with Gasteiger partial charge in [0.05, 0.1) is 5.69 Å². The molecule has 0 saturated carbocycles. The van der Waals surface area contributed by atoms with E-state index in [1.54, 1.807) is 0 Å². The molecule has 1 rings (SSSR count). The normalized spacial score (nSPS) is 10.2. The molecule has 1 N–H and O–H groups in total. The molecule has 0 bridgehead atoms. The van der Waals surface area contributed by atoms with Gasteiger partial charge < -0.3 is 5.32 Å². The predicted molar refractivity (Wildman–Crippen MR) is 51.4 cm³/mol. The summed E-state index contributed by atoms with van der Waals surface area (Å²) in [7, 11) is 1.93. The Labute approximate surface area is 73.8 Å². The fourth-order valence-electron chi connectivity index (χ4n) is 1.23. The van der Waals surface area contributed by atoms with E-state index in [2.05, 4.69) is 23.4 Å². The Balaban J connectivity index is 2.68. The summed E-state index contributed by atoms with van der Waals surface area (Å²) in [5.41, 5.74) is 1.08. The van der Waals surface area contributed by atoms with Crippen molar-refractivity contribution in [2.45, 2.75) is 33.2 Å². The number of anilines is 1. The lowest BCUT2D eigenvalue weighted by molar-refractivity contribution is 0.574. The quantitative estimate of drug-likeness (QED) is 0.743. The number of hydrogen-bond donors (Lipinski definition) is 1. The van der Waals surface area contributed by atoms with Gasteiger partial charge in [-0.3, -0.25) is 0 Å². The molecule has 0 fully saturated rings. The molecule has 0 aromatic carbocycles. The van der Waals surface area contributed by atoms with Crippen LogP contribution in [-0.2, 0) is 6.54 Å². The molecule has 0 aliphatic carbocycles. The number of hydrogen-bond acceptors (Lipinski definition) is 2. The van der Waals surface area contributed by atoms with E-state index < -0.39 is 0 Å². The molecule has 1 heterocycles. The maximum atomic E-state index is 4.37. The van der Waals surface area contributed by atoms with Crippen molar-refractivity contribution in [3.8, 4) is 0 Å². The molecule has 12 heavy (non-hydrogen) atoms. The van der Waals surface area contributed by atoms with E-state index in [-0.39, 0.29) is 0 Å². The van der Waals surface area contributed by atoms with Gasteiger partial charge in [-0.2, -0.15) is 5.10 Å². The number of aryl methyl sites for hydroxylation is 2. The number of rotatable bonds is 4. The highest BCUT2D eigenvalue weighted by Gasteiger charge is 2.01. The zero-order valence-electron chi connectivity index (χ0n) is 8.09. The maximum Gasteiger partial charge on any atom is 0.124 e. The lowest BCUT2D eigenvalue weighted by atomic mass is 10.3. The maximum absolute atomic E-state index is 4.37. The summed E-state index contributed by atoms with van der Waals surface area (Å²) in [5, 5.41) is 7.50. The summed E-state index contributed by atoms with van der Waals surface area (Å²) in [5.74, 6) is 1.11. The summed E-state index contributed by atoms with van der Waals surface area (Å²) in [6.07, 6.45) is 2.40. The van der Waals surface area contributed by atoms with Crippen LogP contribution in [-0.4, -0.2) is 16.8 Å². The molecule has 68 valence electrons. The molecule has 3 heteroatoms. The standard InChI is InChI=1S/C9H17N3/c1-4-5-6-12-9(10-3)7-8(2)11-12/h7,10H,4-6H2,1-3H3. The number of nitrogens with one attached hydrogen (secondary N) is 1. The van der Waals surface area contributed by atoms with Crippen LogP contribution in [0.3, 0.4) is 0 Å². The van der Waals surface area contributed by atoms with Crippen molar-refractivity contribution in [3.63, 3.8) is 0 Å². The number of aromatic nitrogens is 2. The first-order valence-corrected chi connectivity index (χ1v) is 4.50. The number of unbranched alkanes of at least 4 members (excludes halogenated alkanes) is 1. The van der Waals surface area contributed by atoms with E-state index in [4.69, 9.17) is 0 Å². The zero-order valence-corrected chi connectivity index (χ0v) is 8.09. The minimum absolute atomic E-state index is 1.01. The van der Waals surface area contributed by atoms with Crippen molar-refractivity contribution in [3.05, 3.63) is 11.8 Å². The zero-order chi connectivity index (χ0) is 8.97. The third kappa shape index (κ3) is 2.00. The Hall–Kier alpha value is -0.990. The van der Waals surface area contributed by atoms with Crippen LogP contribution >= 0.6 is 0 Å². The smallest absolute Gasteiger partial charge is 0.124 e. The van der Waals surface area contributed by atoms with Gasteiger partial charge in [0.1, 0.15) is 5.82 Å². The van der Waals surface area contributed by atoms with Gasteiger partial charge in [-0.05, 0) is 13.3 Å². The Kier molecular flexibility index (Phi) is 3.14. The van der Waals surface area contributed by atoms with Crippen molar-refractivity contribution < 1.29 is 0 Å². The summed E-state index contributed by atoms with van der Waals surface area (Å²) < 4.78 is 2.03. The van der Waals surface area contributed by atoms with Gasteiger partial charge in [-0.25, -0.2) is 4.68 Å². The molecule has 0 aliphatic rings. The third-order valence-electron chi connectivity index (χ3n) is 1.88. The van der Waals surface area contributed by atoms with Crippen LogP contribution in [0.5, 0.6) is 0 Å². The summed E-state index contributed by atoms with van der Waals surface area (Å²) in [6.45, 7) is 5.22. The molecule has 1 aromatic heterocycles. The second kappa shape index (κ2) is 4.14. The van der Waals surface area contributed by atoms with Gasteiger partial charge in [0, 0.05) is 19.7 Å². The summed E-state index contributed by atoms with van der Waals surface area (Å²) >= 11 is 0. The SMILES string of the molecule is CCCCn1nc(C)cc1NC. The van der Waals surface area contributed by atoms with Crippen LogP contribution in [0.25, 0.3) is 0 Å². The van der Waals surface area contributed by atoms with E-state index in [0.29, 0.717) is 0 Å². The van der Waals surface area contributed by atoms with Crippen LogP contribution in [0, 0.1) is 6.92 Å². The van der Waals surface area contributed by atoms with E-state index in [1.165, 1.54) is 12.8 Å². The van der Waals surface area contributed by atoms with Crippen molar-refractivity contribution >= 4 is 5.82 Å². The van der Waals surface area contributed by atoms with Crippen molar-refractivity contribution in [1.82, 2.24) is 9.78 Å². The van der Waals surface area contributed by atoms with Crippen LogP contribution in [0.1, 0.15) is 25.5 Å². The fourth-order valence-corrected chi connectivity index (χ4v) is 1.23. The molecule has 1 aromatic rings. The highest BCUT2D eigenvalue weighted by Crippen LogP contribution is 2.09. The van der Waals surface area contributed by atoms with E-state index in [1.807, 2.05) is 18.7 Å². The first-order valence-electron chi connectivity index (χ1n) is 4.50. The van der Waals surface area contributed by atoms with E-state index in [0.717, 1.165) is 18.1 Å². The third-order valence-corrected chi connectivity index (χ3v) is 1.88. The first kappa shape index (κ1) is 9.10. The topological polar surface area (TPSA) is 29.9 Å². The molecule has 0 saturated heterocycles. The average molecular weight is 167 g/mol. The van der Waals surface area contributed by atoms with Crippen molar-refractivity contribution in [2.75, 3.05) is 12.4 Å². The average Bonchev–Trinajstić information content (AvgIpc) is 2.42. The van der Waals surface area contributed by atoms with E-state index in [9.17, 15) is 0 Å². The molecular formula is C9H17N3. The first-order chi connectivity index (χ1) is 5.77. The van der Waals surface area contributed by atoms with Crippen LogP contribution in [0.15, 0.2) is 6.07 Å². The monoisotopic (exact) mass is 167 g/mol. The Bertz CT molecular complexity index is 240. The van der Waals surface area contributed by atoms with Crippen LogP contribution in [0.4, 0.5) is 5.82 Å². The minimum Gasteiger partial charge on any atom is -0.373 e. The molecule has 0 spiro atoms. The second-order valence-electron chi connectivity index (χ2n) is 3.00. The molecule has 0 aliphatic heterocycles. The molecule has 0 atom stereocenters. The molecule has 0 unspecified atom stereocenters. The Morgan fingerprint density at radius 1 is 1.58 bits per heavy atom. The highest BCUT2D eigenvalue weighted by molar-refractivity contribution is 5.35. The van der Waals surface area contributed by atoms with Crippen LogP contribution < -0.4 is 5.32 Å². The van der Waals surface area contributed by atoms with Crippen molar-refractivity contribution in [1.29, 1.82) is 0 Å². The van der Waals surface area contributed by atoms with Crippen molar-refractivity contribution in [2.24, 2.45) is 0 Å². The molecule has 0 amide bonds. The largest absolute Gasteiger partial charge is 0.373 e. The minimum atomic E-state index is 1.01. The Morgan fingerprint density at radius 2 is 2.33 bits per heavy atom. The van der Waals surface area contributed by atoms with Gasteiger partial charge in [-0.1, -0.05) is 13.3 Å². The van der Waals surface area contributed by atoms with Gasteiger partial charge in [-0.15, -0.1) is 0 Å². The molecule has 3 nitrogen and oxygen atoms in total. The van der Waals surface area contributed by atoms with Gasteiger partial charge in [0.15, 0.2) is 0 Å². The molecular weight excluding hydrogens is 150 g/mol. The lowest BCUT2D eigenvalue weighted by Crippen LogP contribution is -2.04. The number of nitrogens with zero attached hydrogens (tertiary/aromatic N) is 2. The van der Waals surface area contributed by atoms with Gasteiger partial charge in [0.25, 0.3) is 0 Å². The lowest BCUT2D eigenvalue weighted by Gasteiger charge is -2.04. The second-order valence-corrected chi connectivity index (χ2v) is 3.00. The van der Waals surface area contributed by atoms with Gasteiger partial charge >= 0.3 is 0 Å². The van der Waals surface area contributed by atoms with Crippen LogP contribution in [0.2, 0.25) is 0 Å². The highest BCUT2D eigenvalue weighted by atomic mass is 15.3.